The van der Waals surface area contributed by atoms with Crippen LogP contribution in [0, 0.1) is 5.92 Å². The van der Waals surface area contributed by atoms with E-state index in [1.807, 2.05) is 0 Å². The van der Waals surface area contributed by atoms with E-state index in [1.54, 1.807) is 0 Å². The van der Waals surface area contributed by atoms with Gasteiger partial charge in [-0.1, -0.05) is 6.42 Å². The maximum absolute atomic E-state index is 12.2. The highest BCUT2D eigenvalue weighted by atomic mass is 16.2. The minimum atomic E-state index is 0.392. The van der Waals surface area contributed by atoms with Crippen molar-refractivity contribution in [2.24, 2.45) is 11.7 Å². The zero-order chi connectivity index (χ0) is 11.4. The molecule has 2 saturated carbocycles. The van der Waals surface area contributed by atoms with Crippen LogP contribution < -0.4 is 5.73 Å². The molecule has 0 saturated heterocycles. The molecule has 2 rings (SSSR count). The van der Waals surface area contributed by atoms with Gasteiger partial charge in [-0.05, 0) is 51.0 Å². The summed E-state index contributed by atoms with van der Waals surface area (Å²) < 4.78 is 0. The van der Waals surface area contributed by atoms with E-state index in [9.17, 15) is 4.79 Å². The Balaban J connectivity index is 1.80. The fourth-order valence-corrected chi connectivity index (χ4v) is 2.53. The highest BCUT2D eigenvalue weighted by Crippen LogP contribution is 2.32. The van der Waals surface area contributed by atoms with E-state index in [4.69, 9.17) is 5.73 Å². The molecule has 2 aliphatic rings. The predicted molar refractivity (Wildman–Crippen MR) is 65.0 cm³/mol. The van der Waals surface area contributed by atoms with E-state index in [0.717, 1.165) is 19.4 Å². The molecule has 92 valence electrons. The van der Waals surface area contributed by atoms with Crippen LogP contribution in [-0.2, 0) is 4.79 Å². The lowest BCUT2D eigenvalue weighted by molar-refractivity contribution is -0.137. The van der Waals surface area contributed by atoms with Crippen LogP contribution in [0.4, 0.5) is 0 Å². The maximum Gasteiger partial charge on any atom is 0.223 e. The van der Waals surface area contributed by atoms with Crippen LogP contribution in [0.1, 0.15) is 51.4 Å². The molecule has 0 spiro atoms. The Morgan fingerprint density at radius 2 is 1.88 bits per heavy atom. The first-order valence-corrected chi connectivity index (χ1v) is 6.81. The van der Waals surface area contributed by atoms with Crippen LogP contribution in [0.5, 0.6) is 0 Å². The van der Waals surface area contributed by atoms with Crippen LogP contribution >= 0.6 is 0 Å². The number of hydrogen-bond acceptors (Lipinski definition) is 2. The van der Waals surface area contributed by atoms with E-state index >= 15 is 0 Å². The molecule has 3 heteroatoms. The molecule has 0 radical (unpaired) electrons. The van der Waals surface area contributed by atoms with Crippen molar-refractivity contribution in [1.82, 2.24) is 4.90 Å². The second-order valence-corrected chi connectivity index (χ2v) is 5.32. The van der Waals surface area contributed by atoms with E-state index in [-0.39, 0.29) is 0 Å². The molecule has 0 heterocycles. The molecule has 0 atom stereocenters. The van der Waals surface area contributed by atoms with Gasteiger partial charge in [-0.25, -0.2) is 0 Å². The fraction of sp³-hybridized carbons (Fsp3) is 0.923. The minimum Gasteiger partial charge on any atom is -0.340 e. The highest BCUT2D eigenvalue weighted by Gasteiger charge is 2.30. The van der Waals surface area contributed by atoms with E-state index in [1.165, 1.54) is 38.5 Å². The van der Waals surface area contributed by atoms with Crippen molar-refractivity contribution in [3.05, 3.63) is 0 Å². The molecule has 16 heavy (non-hydrogen) atoms. The van der Waals surface area contributed by atoms with E-state index < -0.39 is 0 Å². The fourth-order valence-electron chi connectivity index (χ4n) is 2.53. The number of rotatable bonds is 6. The molecule has 0 unspecified atom stereocenters. The van der Waals surface area contributed by atoms with Crippen molar-refractivity contribution in [1.29, 1.82) is 0 Å². The Kier molecular flexibility index (Phi) is 4.22. The molecule has 2 aliphatic carbocycles. The SMILES string of the molecule is NCCCN(C(=O)CC1CCC1)C1CCC1. The van der Waals surface area contributed by atoms with Crippen molar-refractivity contribution in [2.75, 3.05) is 13.1 Å². The summed E-state index contributed by atoms with van der Waals surface area (Å²) in [4.78, 5) is 14.3. The van der Waals surface area contributed by atoms with Crippen LogP contribution in [-0.4, -0.2) is 29.9 Å². The van der Waals surface area contributed by atoms with Crippen molar-refractivity contribution in [3.63, 3.8) is 0 Å². The van der Waals surface area contributed by atoms with Crippen LogP contribution in [0.25, 0.3) is 0 Å². The topological polar surface area (TPSA) is 46.3 Å². The van der Waals surface area contributed by atoms with Gasteiger partial charge in [-0.2, -0.15) is 0 Å². The highest BCUT2D eigenvalue weighted by molar-refractivity contribution is 5.77. The Morgan fingerprint density at radius 1 is 1.19 bits per heavy atom. The third kappa shape index (κ3) is 2.76. The van der Waals surface area contributed by atoms with Crippen molar-refractivity contribution < 1.29 is 4.79 Å². The van der Waals surface area contributed by atoms with Crippen LogP contribution in [0.15, 0.2) is 0 Å². The summed E-state index contributed by atoms with van der Waals surface area (Å²) in [6.45, 7) is 1.58. The van der Waals surface area contributed by atoms with Gasteiger partial charge >= 0.3 is 0 Å². The number of nitrogens with two attached hydrogens (primary N) is 1. The second-order valence-electron chi connectivity index (χ2n) is 5.32. The number of nitrogens with zero attached hydrogens (tertiary/aromatic N) is 1. The molecule has 0 aromatic rings. The van der Waals surface area contributed by atoms with Gasteiger partial charge in [0.05, 0.1) is 0 Å². The summed E-state index contributed by atoms with van der Waals surface area (Å²) in [5.74, 6) is 1.08. The molecular formula is C13H24N2O. The lowest BCUT2D eigenvalue weighted by atomic mass is 9.82. The summed E-state index contributed by atoms with van der Waals surface area (Å²) in [6, 6.07) is 0.541. The Labute approximate surface area is 98.4 Å². The largest absolute Gasteiger partial charge is 0.340 e. The molecule has 2 N–H and O–H groups in total. The third-order valence-electron chi connectivity index (χ3n) is 4.13. The summed E-state index contributed by atoms with van der Waals surface area (Å²) in [5.41, 5.74) is 5.54. The van der Waals surface area contributed by atoms with Gasteiger partial charge in [-0.3, -0.25) is 4.79 Å². The van der Waals surface area contributed by atoms with Crippen molar-refractivity contribution >= 4 is 5.91 Å². The summed E-state index contributed by atoms with van der Waals surface area (Å²) in [7, 11) is 0. The lowest BCUT2D eigenvalue weighted by Gasteiger charge is -2.39. The quantitative estimate of drug-likeness (QED) is 0.749. The smallest absolute Gasteiger partial charge is 0.223 e. The van der Waals surface area contributed by atoms with Crippen LogP contribution in [0.3, 0.4) is 0 Å². The van der Waals surface area contributed by atoms with Gasteiger partial charge in [0.25, 0.3) is 0 Å². The Morgan fingerprint density at radius 3 is 2.31 bits per heavy atom. The Hall–Kier alpha value is -0.570. The first-order chi connectivity index (χ1) is 7.81. The number of amides is 1. The molecule has 0 bridgehead atoms. The zero-order valence-electron chi connectivity index (χ0n) is 10.2. The molecule has 3 nitrogen and oxygen atoms in total. The van der Waals surface area contributed by atoms with Gasteiger partial charge in [0.2, 0.25) is 5.91 Å². The number of hydrogen-bond donors (Lipinski definition) is 1. The average molecular weight is 224 g/mol. The van der Waals surface area contributed by atoms with Gasteiger partial charge in [0, 0.05) is 19.0 Å². The van der Waals surface area contributed by atoms with E-state index in [2.05, 4.69) is 4.90 Å². The predicted octanol–water partition coefficient (Wildman–Crippen LogP) is 1.91. The normalized spacial score (nSPS) is 21.3. The maximum atomic E-state index is 12.2. The molecule has 0 aromatic heterocycles. The van der Waals surface area contributed by atoms with Gasteiger partial charge in [-0.15, -0.1) is 0 Å². The molecule has 1 amide bonds. The molecule has 0 aromatic carbocycles. The first kappa shape index (κ1) is 11.9. The minimum absolute atomic E-state index is 0.392. The molecular weight excluding hydrogens is 200 g/mol. The molecule has 2 fully saturated rings. The summed E-state index contributed by atoms with van der Waals surface area (Å²) >= 11 is 0. The van der Waals surface area contributed by atoms with Gasteiger partial charge < -0.3 is 10.6 Å². The first-order valence-electron chi connectivity index (χ1n) is 6.81. The van der Waals surface area contributed by atoms with Gasteiger partial charge in [0.15, 0.2) is 0 Å². The zero-order valence-corrected chi connectivity index (χ0v) is 10.2. The number of carbonyl (C=O) groups excluding carboxylic acids is 1. The lowest BCUT2D eigenvalue weighted by Crippen LogP contribution is -2.46. The monoisotopic (exact) mass is 224 g/mol. The average Bonchev–Trinajstić information content (AvgIpc) is 2.14. The summed E-state index contributed by atoms with van der Waals surface area (Å²) in [6.07, 6.45) is 9.31. The standard InChI is InChI=1S/C13H24N2O/c14-8-3-9-15(12-6-2-7-12)13(16)10-11-4-1-5-11/h11-12H,1-10,14H2. The second kappa shape index (κ2) is 5.67. The third-order valence-corrected chi connectivity index (χ3v) is 4.13. The number of carbonyl (C=O) groups is 1. The summed E-state index contributed by atoms with van der Waals surface area (Å²) in [5, 5.41) is 0. The van der Waals surface area contributed by atoms with Gasteiger partial charge in [0.1, 0.15) is 0 Å². The van der Waals surface area contributed by atoms with Crippen LogP contribution in [0.2, 0.25) is 0 Å². The van der Waals surface area contributed by atoms with Crippen molar-refractivity contribution in [2.45, 2.75) is 57.4 Å². The van der Waals surface area contributed by atoms with Crippen molar-refractivity contribution in [3.8, 4) is 0 Å². The Bertz CT molecular complexity index is 234. The molecule has 0 aliphatic heterocycles. The van der Waals surface area contributed by atoms with E-state index in [0.29, 0.717) is 24.4 Å².